The van der Waals surface area contributed by atoms with Crippen LogP contribution in [0, 0.1) is 0 Å². The van der Waals surface area contributed by atoms with E-state index in [-0.39, 0.29) is 19.0 Å². The first kappa shape index (κ1) is 18.6. The van der Waals surface area contributed by atoms with E-state index in [0.717, 1.165) is 17.0 Å². The normalized spacial score (nSPS) is 11.2. The largest absolute Gasteiger partial charge is 0.307 e. The Kier molecular flexibility index (Phi) is 6.96. The van der Waals surface area contributed by atoms with Gasteiger partial charge in [-0.15, -0.1) is 12.4 Å². The van der Waals surface area contributed by atoms with Gasteiger partial charge in [0.05, 0.1) is 17.6 Å². The highest BCUT2D eigenvalue weighted by Gasteiger charge is 2.09. The zero-order valence-electron chi connectivity index (χ0n) is 13.0. The molecule has 22 heavy (non-hydrogen) atoms. The van der Waals surface area contributed by atoms with Gasteiger partial charge >= 0.3 is 0 Å². The molecular formula is C14H22ClF2N5. The zero-order chi connectivity index (χ0) is 15.4. The van der Waals surface area contributed by atoms with Crippen LogP contribution in [0.25, 0.3) is 0 Å². The molecular weight excluding hydrogens is 312 g/mol. The molecule has 1 N–H and O–H groups in total. The Morgan fingerprint density at radius 1 is 1.27 bits per heavy atom. The number of aromatic nitrogens is 4. The van der Waals surface area contributed by atoms with Crippen LogP contribution in [0.2, 0.25) is 0 Å². The van der Waals surface area contributed by atoms with E-state index in [1.165, 1.54) is 4.68 Å². The number of rotatable bonds is 7. The summed E-state index contributed by atoms with van der Waals surface area (Å²) in [7, 11) is 1.92. The van der Waals surface area contributed by atoms with Crippen molar-refractivity contribution in [1.29, 1.82) is 0 Å². The molecule has 2 heterocycles. The van der Waals surface area contributed by atoms with Crippen LogP contribution in [-0.2, 0) is 26.7 Å². The number of alkyl halides is 2. The highest BCUT2D eigenvalue weighted by molar-refractivity contribution is 5.85. The molecule has 0 amide bonds. The van der Waals surface area contributed by atoms with Crippen molar-refractivity contribution in [1.82, 2.24) is 24.9 Å². The summed E-state index contributed by atoms with van der Waals surface area (Å²) in [6, 6.07) is 2.08. The second kappa shape index (κ2) is 8.24. The molecule has 0 aliphatic heterocycles. The number of hydrogen-bond acceptors (Lipinski definition) is 3. The van der Waals surface area contributed by atoms with Crippen molar-refractivity contribution < 1.29 is 8.78 Å². The number of nitrogens with zero attached hydrogens (tertiary/aromatic N) is 4. The van der Waals surface area contributed by atoms with Gasteiger partial charge in [0.1, 0.15) is 6.54 Å². The lowest BCUT2D eigenvalue weighted by atomic mass is 10.1. The van der Waals surface area contributed by atoms with Crippen molar-refractivity contribution in [2.75, 3.05) is 0 Å². The van der Waals surface area contributed by atoms with Crippen molar-refractivity contribution in [3.05, 3.63) is 35.4 Å². The maximum Gasteiger partial charge on any atom is 0.257 e. The maximum absolute atomic E-state index is 12.2. The molecule has 0 fully saturated rings. The Morgan fingerprint density at radius 3 is 2.59 bits per heavy atom. The Hall–Kier alpha value is -1.47. The molecule has 0 saturated carbocycles. The Balaban J connectivity index is 0.00000242. The third-order valence-corrected chi connectivity index (χ3v) is 3.23. The molecule has 0 bridgehead atoms. The minimum atomic E-state index is -2.38. The van der Waals surface area contributed by atoms with Crippen molar-refractivity contribution >= 4 is 12.4 Å². The summed E-state index contributed by atoms with van der Waals surface area (Å²) >= 11 is 0. The fraction of sp³-hybridized carbons (Fsp3) is 0.571. The molecule has 8 heteroatoms. The molecule has 0 radical (unpaired) electrons. The zero-order valence-corrected chi connectivity index (χ0v) is 13.8. The van der Waals surface area contributed by atoms with Crippen molar-refractivity contribution in [2.45, 2.75) is 45.8 Å². The SMILES string of the molecule is CC(C)c1cc(CNCc2cnn(CC(F)F)c2)n(C)n1.Cl. The highest BCUT2D eigenvalue weighted by atomic mass is 35.5. The van der Waals surface area contributed by atoms with E-state index in [1.54, 1.807) is 12.4 Å². The monoisotopic (exact) mass is 333 g/mol. The van der Waals surface area contributed by atoms with Gasteiger partial charge in [-0.2, -0.15) is 10.2 Å². The van der Waals surface area contributed by atoms with E-state index in [0.29, 0.717) is 19.0 Å². The number of nitrogens with one attached hydrogen (secondary N) is 1. The molecule has 0 unspecified atom stereocenters. The first-order chi connectivity index (χ1) is 9.95. The minimum absolute atomic E-state index is 0. The molecule has 2 aromatic rings. The van der Waals surface area contributed by atoms with Crippen LogP contribution in [0.4, 0.5) is 8.78 Å². The summed E-state index contributed by atoms with van der Waals surface area (Å²) in [5.41, 5.74) is 3.06. The maximum atomic E-state index is 12.2. The van der Waals surface area contributed by atoms with Gasteiger partial charge in [0, 0.05) is 31.9 Å². The average Bonchev–Trinajstić information content (AvgIpc) is 2.97. The van der Waals surface area contributed by atoms with Gasteiger partial charge < -0.3 is 5.32 Å². The first-order valence-corrected chi connectivity index (χ1v) is 6.98. The third kappa shape index (κ3) is 5.06. The first-order valence-electron chi connectivity index (χ1n) is 6.98. The molecule has 124 valence electrons. The third-order valence-electron chi connectivity index (χ3n) is 3.23. The number of halogens is 3. The van der Waals surface area contributed by atoms with Crippen molar-refractivity contribution in [2.24, 2.45) is 7.05 Å². The minimum Gasteiger partial charge on any atom is -0.307 e. The van der Waals surface area contributed by atoms with E-state index < -0.39 is 6.43 Å². The lowest BCUT2D eigenvalue weighted by Gasteiger charge is -2.03. The molecule has 0 atom stereocenters. The predicted molar refractivity (Wildman–Crippen MR) is 83.3 cm³/mol. The smallest absolute Gasteiger partial charge is 0.257 e. The van der Waals surface area contributed by atoms with Gasteiger partial charge in [-0.1, -0.05) is 13.8 Å². The van der Waals surface area contributed by atoms with Crippen LogP contribution >= 0.6 is 12.4 Å². The van der Waals surface area contributed by atoms with Crippen LogP contribution in [0.3, 0.4) is 0 Å². The van der Waals surface area contributed by atoms with Crippen LogP contribution in [0.15, 0.2) is 18.5 Å². The number of aryl methyl sites for hydroxylation is 1. The van der Waals surface area contributed by atoms with Crippen molar-refractivity contribution in [3.8, 4) is 0 Å². The highest BCUT2D eigenvalue weighted by Crippen LogP contribution is 2.13. The topological polar surface area (TPSA) is 47.7 Å². The molecule has 5 nitrogen and oxygen atoms in total. The van der Waals surface area contributed by atoms with Gasteiger partial charge in [-0.05, 0) is 12.0 Å². The van der Waals surface area contributed by atoms with Gasteiger partial charge in [-0.25, -0.2) is 8.78 Å². The molecule has 0 saturated heterocycles. The summed E-state index contributed by atoms with van der Waals surface area (Å²) in [6.45, 7) is 5.12. The van der Waals surface area contributed by atoms with Gasteiger partial charge in [0.15, 0.2) is 0 Å². The quantitative estimate of drug-likeness (QED) is 0.847. The summed E-state index contributed by atoms with van der Waals surface area (Å²) in [6.07, 6.45) is 0.870. The van der Waals surface area contributed by atoms with Crippen LogP contribution in [-0.4, -0.2) is 26.0 Å². The molecule has 0 aliphatic carbocycles. The van der Waals surface area contributed by atoms with Gasteiger partial charge in [0.2, 0.25) is 0 Å². The molecule has 2 aromatic heterocycles. The molecule has 0 aromatic carbocycles. The lowest BCUT2D eigenvalue weighted by molar-refractivity contribution is 0.122. The second-order valence-electron chi connectivity index (χ2n) is 5.40. The predicted octanol–water partition coefficient (Wildman–Crippen LogP) is 2.72. The Morgan fingerprint density at radius 2 is 2.00 bits per heavy atom. The Labute approximate surface area is 135 Å². The van der Waals surface area contributed by atoms with Crippen molar-refractivity contribution in [3.63, 3.8) is 0 Å². The van der Waals surface area contributed by atoms with E-state index in [2.05, 4.69) is 35.4 Å². The Bertz CT molecular complexity index is 580. The fourth-order valence-electron chi connectivity index (χ4n) is 2.05. The van der Waals surface area contributed by atoms with Crippen LogP contribution < -0.4 is 5.32 Å². The fourth-order valence-corrected chi connectivity index (χ4v) is 2.05. The van der Waals surface area contributed by atoms with Crippen LogP contribution in [0.1, 0.15) is 36.7 Å². The van der Waals surface area contributed by atoms with Crippen LogP contribution in [0.5, 0.6) is 0 Å². The standard InChI is InChI=1S/C14H21F2N5.ClH/c1-10(2)13-4-12(20(3)19-13)7-17-5-11-6-18-21(8-11)9-14(15)16;/h4,6,8,10,14,17H,5,7,9H2,1-3H3;1H. The van der Waals surface area contributed by atoms with Gasteiger partial charge in [0.25, 0.3) is 6.43 Å². The summed E-state index contributed by atoms with van der Waals surface area (Å²) in [5.74, 6) is 0.400. The molecule has 0 spiro atoms. The lowest BCUT2D eigenvalue weighted by Crippen LogP contribution is -2.15. The van der Waals surface area contributed by atoms with E-state index in [9.17, 15) is 8.78 Å². The molecule has 0 aliphatic rings. The summed E-state index contributed by atoms with van der Waals surface area (Å²) in [5, 5.41) is 11.6. The van der Waals surface area contributed by atoms with Gasteiger partial charge in [-0.3, -0.25) is 9.36 Å². The summed E-state index contributed by atoms with van der Waals surface area (Å²) < 4.78 is 27.6. The second-order valence-corrected chi connectivity index (χ2v) is 5.40. The summed E-state index contributed by atoms with van der Waals surface area (Å²) in [4.78, 5) is 0. The average molecular weight is 334 g/mol. The number of hydrogen-bond donors (Lipinski definition) is 1. The van der Waals surface area contributed by atoms with E-state index in [4.69, 9.17) is 0 Å². The van der Waals surface area contributed by atoms with E-state index >= 15 is 0 Å². The van der Waals surface area contributed by atoms with E-state index in [1.807, 2.05) is 11.7 Å². The molecule has 2 rings (SSSR count).